The topological polar surface area (TPSA) is 3.24 Å². The van der Waals surface area contributed by atoms with Crippen molar-refractivity contribution in [3.63, 3.8) is 0 Å². The van der Waals surface area contributed by atoms with Crippen LogP contribution < -0.4 is 0 Å². The standard InChI is InChI=1S/C24H32N/c1-5-10-21-12-7-8-13-22(21)18-24(25(3)4,17-20-15-16-20)23-14-9-6-11-19(23)2/h6-9,11-14,20H,2,5,10,15-18H2,1,3-4H3. The second-order valence-electron chi connectivity index (χ2n) is 7.93. The number of likely N-dealkylation sites (N-methyl/N-ethyl adjacent to an activating group) is 1. The molecule has 2 aromatic carbocycles. The summed E-state index contributed by atoms with van der Waals surface area (Å²) in [4.78, 5) is 2.46. The Bertz CT molecular complexity index is 699. The van der Waals surface area contributed by atoms with Crippen molar-refractivity contribution in [2.24, 2.45) is 5.92 Å². The second-order valence-corrected chi connectivity index (χ2v) is 7.93. The molecule has 0 aliphatic heterocycles. The lowest BCUT2D eigenvalue weighted by atomic mass is 9.76. The highest BCUT2D eigenvalue weighted by Crippen LogP contribution is 2.46. The largest absolute Gasteiger partial charge is 0.299 e. The van der Waals surface area contributed by atoms with Gasteiger partial charge < -0.3 is 0 Å². The van der Waals surface area contributed by atoms with E-state index in [-0.39, 0.29) is 5.54 Å². The summed E-state index contributed by atoms with van der Waals surface area (Å²) in [6.45, 7) is 6.64. The molecule has 2 aromatic rings. The van der Waals surface area contributed by atoms with E-state index in [0.29, 0.717) is 0 Å². The van der Waals surface area contributed by atoms with E-state index < -0.39 is 0 Å². The molecule has 0 spiro atoms. The molecule has 0 aromatic heterocycles. The van der Waals surface area contributed by atoms with Crippen molar-refractivity contribution in [1.29, 1.82) is 0 Å². The Labute approximate surface area is 154 Å². The molecule has 1 nitrogen and oxygen atoms in total. The third-order valence-corrected chi connectivity index (χ3v) is 5.82. The van der Waals surface area contributed by atoms with Crippen molar-refractivity contribution in [1.82, 2.24) is 4.90 Å². The van der Waals surface area contributed by atoms with Crippen molar-refractivity contribution in [3.05, 3.63) is 77.7 Å². The third-order valence-electron chi connectivity index (χ3n) is 5.82. The Morgan fingerprint density at radius 1 is 1.00 bits per heavy atom. The number of hydrogen-bond acceptors (Lipinski definition) is 1. The predicted molar refractivity (Wildman–Crippen MR) is 108 cm³/mol. The first kappa shape index (κ1) is 18.2. The summed E-state index contributed by atoms with van der Waals surface area (Å²) >= 11 is 0. The third kappa shape index (κ3) is 3.98. The molecule has 0 saturated heterocycles. The first-order chi connectivity index (χ1) is 12.1. The molecule has 0 bridgehead atoms. The Kier molecular flexibility index (Phi) is 5.64. The minimum absolute atomic E-state index is 0.0311. The smallest absolute Gasteiger partial charge is 0.0500 e. The lowest BCUT2D eigenvalue weighted by molar-refractivity contribution is 0.129. The molecule has 1 aliphatic rings. The lowest BCUT2D eigenvalue weighted by Crippen LogP contribution is -2.44. The van der Waals surface area contributed by atoms with Crippen LogP contribution in [0.4, 0.5) is 0 Å². The van der Waals surface area contributed by atoms with Gasteiger partial charge in [0.1, 0.15) is 0 Å². The van der Waals surface area contributed by atoms with Gasteiger partial charge in [0.25, 0.3) is 0 Å². The summed E-state index contributed by atoms with van der Waals surface area (Å²) in [6, 6.07) is 17.8. The number of rotatable bonds is 8. The van der Waals surface area contributed by atoms with Crippen LogP contribution in [0.15, 0.2) is 48.5 Å². The van der Waals surface area contributed by atoms with Crippen LogP contribution in [-0.2, 0) is 18.4 Å². The van der Waals surface area contributed by atoms with E-state index in [4.69, 9.17) is 0 Å². The molecule has 1 aliphatic carbocycles. The molecule has 0 heterocycles. The molecule has 3 rings (SSSR count). The number of benzene rings is 2. The molecule has 25 heavy (non-hydrogen) atoms. The van der Waals surface area contributed by atoms with Crippen LogP contribution in [0.1, 0.15) is 54.9 Å². The van der Waals surface area contributed by atoms with Gasteiger partial charge in [-0.1, -0.05) is 74.7 Å². The summed E-state index contributed by atoms with van der Waals surface area (Å²) < 4.78 is 0. The molecule has 1 fully saturated rings. The fourth-order valence-electron chi connectivity index (χ4n) is 4.19. The van der Waals surface area contributed by atoms with Crippen LogP contribution in [0.3, 0.4) is 0 Å². The van der Waals surface area contributed by atoms with E-state index in [2.05, 4.69) is 81.4 Å². The zero-order valence-corrected chi connectivity index (χ0v) is 16.1. The van der Waals surface area contributed by atoms with Gasteiger partial charge in [-0.2, -0.15) is 0 Å². The van der Waals surface area contributed by atoms with Crippen molar-refractivity contribution < 1.29 is 0 Å². The van der Waals surface area contributed by atoms with Crippen molar-refractivity contribution >= 4 is 0 Å². The van der Waals surface area contributed by atoms with Crippen LogP contribution in [0.5, 0.6) is 0 Å². The molecule has 1 atom stereocenters. The normalized spacial score (nSPS) is 16.8. The van der Waals surface area contributed by atoms with Gasteiger partial charge in [0.05, 0.1) is 5.54 Å². The summed E-state index contributed by atoms with van der Waals surface area (Å²) in [5, 5.41) is 0. The van der Waals surface area contributed by atoms with E-state index >= 15 is 0 Å². The van der Waals surface area contributed by atoms with Crippen molar-refractivity contribution in [2.75, 3.05) is 14.1 Å². The van der Waals surface area contributed by atoms with E-state index in [1.54, 1.807) is 0 Å². The van der Waals surface area contributed by atoms with Crippen LogP contribution in [0.25, 0.3) is 0 Å². The first-order valence-electron chi connectivity index (χ1n) is 9.72. The van der Waals surface area contributed by atoms with Gasteiger partial charge in [-0.3, -0.25) is 4.90 Å². The van der Waals surface area contributed by atoms with Gasteiger partial charge in [0, 0.05) is 0 Å². The maximum absolute atomic E-state index is 4.37. The Morgan fingerprint density at radius 2 is 1.64 bits per heavy atom. The lowest BCUT2D eigenvalue weighted by Gasteiger charge is -2.42. The van der Waals surface area contributed by atoms with Gasteiger partial charge in [0.15, 0.2) is 0 Å². The fraction of sp³-hybridized carbons (Fsp3) is 0.458. The number of nitrogens with zero attached hydrogens (tertiary/aromatic N) is 1. The average Bonchev–Trinajstić information content (AvgIpc) is 3.40. The molecule has 133 valence electrons. The Morgan fingerprint density at radius 3 is 2.24 bits per heavy atom. The van der Waals surface area contributed by atoms with Gasteiger partial charge in [-0.15, -0.1) is 0 Å². The van der Waals surface area contributed by atoms with Gasteiger partial charge in [0.2, 0.25) is 0 Å². The SMILES string of the molecule is [CH2]c1ccccc1C(Cc1ccccc1CCC)(CC1CC1)N(C)C. The summed E-state index contributed by atoms with van der Waals surface area (Å²) in [5.41, 5.74) is 5.61. The van der Waals surface area contributed by atoms with Gasteiger partial charge in [-0.25, -0.2) is 0 Å². The minimum Gasteiger partial charge on any atom is -0.299 e. The predicted octanol–water partition coefficient (Wildman–Crippen LogP) is 5.62. The highest BCUT2D eigenvalue weighted by atomic mass is 15.1. The monoisotopic (exact) mass is 334 g/mol. The highest BCUT2D eigenvalue weighted by Gasteiger charge is 2.41. The van der Waals surface area contributed by atoms with E-state index in [1.165, 1.54) is 47.9 Å². The summed E-state index contributed by atoms with van der Waals surface area (Å²) in [7, 11) is 4.49. The van der Waals surface area contributed by atoms with Crippen molar-refractivity contribution in [3.8, 4) is 0 Å². The summed E-state index contributed by atoms with van der Waals surface area (Å²) in [5.74, 6) is 0.861. The molecular weight excluding hydrogens is 302 g/mol. The molecule has 0 amide bonds. The Balaban J connectivity index is 2.06. The van der Waals surface area contributed by atoms with Crippen LogP contribution in [0.2, 0.25) is 0 Å². The molecule has 1 unspecified atom stereocenters. The van der Waals surface area contributed by atoms with Crippen LogP contribution in [-0.4, -0.2) is 19.0 Å². The Hall–Kier alpha value is -1.60. The van der Waals surface area contributed by atoms with Gasteiger partial charge in [-0.05, 0) is 68.5 Å². The molecule has 1 saturated carbocycles. The minimum atomic E-state index is 0.0311. The molecular formula is C24H32N. The number of aryl methyl sites for hydroxylation is 1. The van der Waals surface area contributed by atoms with Crippen LogP contribution >= 0.6 is 0 Å². The van der Waals surface area contributed by atoms with Gasteiger partial charge >= 0.3 is 0 Å². The first-order valence-corrected chi connectivity index (χ1v) is 9.72. The van der Waals surface area contributed by atoms with Crippen molar-refractivity contribution in [2.45, 2.75) is 51.0 Å². The van der Waals surface area contributed by atoms with E-state index in [0.717, 1.165) is 18.8 Å². The van der Waals surface area contributed by atoms with E-state index in [1.807, 2.05) is 0 Å². The maximum Gasteiger partial charge on any atom is 0.0500 e. The molecule has 0 N–H and O–H groups in total. The zero-order chi connectivity index (χ0) is 17.9. The van der Waals surface area contributed by atoms with E-state index in [9.17, 15) is 0 Å². The average molecular weight is 335 g/mol. The van der Waals surface area contributed by atoms with Crippen LogP contribution in [0, 0.1) is 12.8 Å². The number of hydrogen-bond donors (Lipinski definition) is 0. The quantitative estimate of drug-likeness (QED) is 0.605. The maximum atomic E-state index is 4.37. The summed E-state index contributed by atoms with van der Waals surface area (Å²) in [6.07, 6.45) is 7.42. The zero-order valence-electron chi connectivity index (χ0n) is 16.1. The molecule has 1 heteroatoms. The fourth-order valence-corrected chi connectivity index (χ4v) is 4.19. The molecule has 1 radical (unpaired) electrons. The second kappa shape index (κ2) is 7.74. The highest BCUT2D eigenvalue weighted by molar-refractivity contribution is 5.39.